The third-order valence-corrected chi connectivity index (χ3v) is 4.39. The zero-order chi connectivity index (χ0) is 16.4. The van der Waals surface area contributed by atoms with Crippen molar-refractivity contribution in [1.82, 2.24) is 19.7 Å². The molecule has 0 bridgehead atoms. The fraction of sp³-hybridized carbons (Fsp3) is 0. The van der Waals surface area contributed by atoms with Gasteiger partial charge in [-0.1, -0.05) is 29.5 Å². The van der Waals surface area contributed by atoms with Gasteiger partial charge in [0.1, 0.15) is 17.7 Å². The molecule has 24 heavy (non-hydrogen) atoms. The second-order valence-electron chi connectivity index (χ2n) is 5.01. The standard InChI is InChI=1S/C17H12N5OS/c23-15(13-8-2-1-3-9-13)21-17-20-14(12-6-4-5-7-12)16(24-17)22-11-18-10-19-22/h1-11H,(H,20,21,23). The van der Waals surface area contributed by atoms with Crippen molar-refractivity contribution in [2.75, 3.05) is 5.32 Å². The molecule has 0 spiro atoms. The molecule has 0 saturated heterocycles. The first kappa shape index (κ1) is 15.0. The highest BCUT2D eigenvalue weighted by Crippen LogP contribution is 2.37. The highest BCUT2D eigenvalue weighted by molar-refractivity contribution is 7.18. The third-order valence-electron chi connectivity index (χ3n) is 3.43. The van der Waals surface area contributed by atoms with E-state index in [1.54, 1.807) is 23.1 Å². The Hall–Kier alpha value is -2.54. The Morgan fingerprint density at radius 3 is 2.62 bits per heavy atom. The van der Waals surface area contributed by atoms with E-state index in [4.69, 9.17) is 0 Å². The Morgan fingerprint density at radius 2 is 1.92 bits per heavy atom. The van der Waals surface area contributed by atoms with Crippen molar-refractivity contribution in [3.63, 3.8) is 0 Å². The zero-order valence-electron chi connectivity index (χ0n) is 12.5. The van der Waals surface area contributed by atoms with E-state index in [0.29, 0.717) is 10.7 Å². The second-order valence-corrected chi connectivity index (χ2v) is 5.98. The van der Waals surface area contributed by atoms with E-state index in [1.165, 1.54) is 17.7 Å². The van der Waals surface area contributed by atoms with Crippen LogP contribution in [0.2, 0.25) is 0 Å². The van der Waals surface area contributed by atoms with Gasteiger partial charge < -0.3 is 0 Å². The predicted octanol–water partition coefficient (Wildman–Crippen LogP) is 2.73. The van der Waals surface area contributed by atoms with Crippen molar-refractivity contribution in [3.05, 3.63) is 85.8 Å². The molecule has 0 unspecified atom stereocenters. The highest BCUT2D eigenvalue weighted by atomic mass is 32.1. The number of rotatable bonds is 4. The number of aromatic nitrogens is 4. The molecule has 5 radical (unpaired) electrons. The van der Waals surface area contributed by atoms with E-state index < -0.39 is 0 Å². The normalized spacial score (nSPS) is 14.8. The minimum absolute atomic E-state index is 0.191. The molecule has 117 valence electrons. The molecule has 2 aromatic heterocycles. The Labute approximate surface area is 143 Å². The lowest BCUT2D eigenvalue weighted by atomic mass is 10.1. The van der Waals surface area contributed by atoms with Gasteiger partial charge in [0.2, 0.25) is 0 Å². The molecule has 7 heteroatoms. The third kappa shape index (κ3) is 2.94. The topological polar surface area (TPSA) is 72.7 Å². The number of benzene rings is 1. The quantitative estimate of drug-likeness (QED) is 0.796. The lowest BCUT2D eigenvalue weighted by Crippen LogP contribution is -2.11. The number of thiazole rings is 1. The lowest BCUT2D eigenvalue weighted by Gasteiger charge is -2.06. The minimum atomic E-state index is -0.191. The maximum atomic E-state index is 12.3. The molecule has 1 aliphatic carbocycles. The van der Waals surface area contributed by atoms with Crippen LogP contribution >= 0.6 is 11.3 Å². The van der Waals surface area contributed by atoms with Crippen LogP contribution in [-0.4, -0.2) is 25.7 Å². The van der Waals surface area contributed by atoms with E-state index in [2.05, 4.69) is 20.4 Å². The molecule has 0 atom stereocenters. The van der Waals surface area contributed by atoms with Crippen molar-refractivity contribution in [2.45, 2.75) is 0 Å². The number of hydrogen-bond donors (Lipinski definition) is 1. The minimum Gasteiger partial charge on any atom is -0.298 e. The summed E-state index contributed by atoms with van der Waals surface area (Å²) in [5.74, 6) is 0.778. The van der Waals surface area contributed by atoms with Crippen LogP contribution in [0.15, 0.2) is 43.0 Å². The van der Waals surface area contributed by atoms with E-state index in [9.17, 15) is 4.79 Å². The zero-order valence-corrected chi connectivity index (χ0v) is 13.3. The Balaban J connectivity index is 1.64. The van der Waals surface area contributed by atoms with E-state index in [-0.39, 0.29) is 5.91 Å². The van der Waals surface area contributed by atoms with Gasteiger partial charge in [-0.25, -0.2) is 14.6 Å². The van der Waals surface area contributed by atoms with E-state index in [0.717, 1.165) is 16.6 Å². The summed E-state index contributed by atoms with van der Waals surface area (Å²) >= 11 is 1.36. The van der Waals surface area contributed by atoms with E-state index in [1.807, 2.05) is 43.9 Å². The average Bonchev–Trinajstić information content (AvgIpc) is 3.36. The molecule has 0 aliphatic heterocycles. The van der Waals surface area contributed by atoms with Crippen LogP contribution in [0, 0.1) is 31.6 Å². The molecule has 3 aromatic rings. The molecule has 1 saturated carbocycles. The molecule has 6 nitrogen and oxygen atoms in total. The van der Waals surface area contributed by atoms with Crippen LogP contribution < -0.4 is 5.32 Å². The second kappa shape index (κ2) is 6.52. The van der Waals surface area contributed by atoms with E-state index >= 15 is 0 Å². The van der Waals surface area contributed by atoms with Crippen molar-refractivity contribution >= 4 is 22.4 Å². The number of carbonyl (C=O) groups excluding carboxylic acids is 1. The van der Waals surface area contributed by atoms with Crippen LogP contribution in [0.25, 0.3) is 5.00 Å². The van der Waals surface area contributed by atoms with Crippen molar-refractivity contribution in [1.29, 1.82) is 0 Å². The first-order valence-corrected chi connectivity index (χ1v) is 8.07. The first-order chi connectivity index (χ1) is 11.8. The Morgan fingerprint density at radius 1 is 1.12 bits per heavy atom. The summed E-state index contributed by atoms with van der Waals surface area (Å²) in [6, 6.07) is 9.05. The summed E-state index contributed by atoms with van der Waals surface area (Å²) < 4.78 is 1.65. The number of hydrogen-bond acceptors (Lipinski definition) is 5. The van der Waals surface area contributed by atoms with Gasteiger partial charge in [-0.15, -0.1) is 0 Å². The SMILES string of the molecule is O=C(Nc1nc([C]2[CH][CH][CH][CH]2)c(-n2cncn2)s1)c1ccccc1. The Bertz CT molecular complexity index is 822. The number of amides is 1. The Kier molecular flexibility index (Phi) is 4.08. The molecular weight excluding hydrogens is 322 g/mol. The van der Waals surface area contributed by atoms with Gasteiger partial charge >= 0.3 is 0 Å². The number of nitrogens with one attached hydrogen (secondary N) is 1. The number of carbonyl (C=O) groups is 1. The molecule has 1 N–H and O–H groups in total. The van der Waals surface area contributed by atoms with Gasteiger partial charge in [0.15, 0.2) is 5.13 Å². The maximum absolute atomic E-state index is 12.3. The van der Waals surface area contributed by atoms with Gasteiger partial charge in [0.25, 0.3) is 5.91 Å². The molecule has 1 amide bonds. The summed E-state index contributed by atoms with van der Waals surface area (Å²) in [5, 5.41) is 8.35. The highest BCUT2D eigenvalue weighted by Gasteiger charge is 2.27. The van der Waals surface area contributed by atoms with Crippen LogP contribution in [0.3, 0.4) is 0 Å². The molecule has 4 rings (SSSR count). The lowest BCUT2D eigenvalue weighted by molar-refractivity contribution is 0.102. The first-order valence-electron chi connectivity index (χ1n) is 7.25. The van der Waals surface area contributed by atoms with Crippen LogP contribution in [0.5, 0.6) is 0 Å². The fourth-order valence-corrected chi connectivity index (χ4v) is 3.22. The van der Waals surface area contributed by atoms with Crippen molar-refractivity contribution in [3.8, 4) is 5.00 Å². The smallest absolute Gasteiger partial charge is 0.257 e. The average molecular weight is 334 g/mol. The fourth-order valence-electron chi connectivity index (χ4n) is 2.31. The van der Waals surface area contributed by atoms with Gasteiger partial charge in [-0.05, 0) is 37.8 Å². The molecule has 1 aromatic carbocycles. The summed E-state index contributed by atoms with van der Waals surface area (Å²) in [5.41, 5.74) is 1.35. The number of anilines is 1. The van der Waals surface area contributed by atoms with Crippen molar-refractivity contribution in [2.24, 2.45) is 0 Å². The predicted molar refractivity (Wildman–Crippen MR) is 91.0 cm³/mol. The van der Waals surface area contributed by atoms with Crippen LogP contribution in [-0.2, 0) is 0 Å². The van der Waals surface area contributed by atoms with Crippen LogP contribution in [0.4, 0.5) is 5.13 Å². The van der Waals surface area contributed by atoms with Gasteiger partial charge in [-0.3, -0.25) is 10.1 Å². The van der Waals surface area contributed by atoms with Gasteiger partial charge in [0.05, 0.1) is 5.69 Å². The maximum Gasteiger partial charge on any atom is 0.257 e. The largest absolute Gasteiger partial charge is 0.298 e. The molecular formula is C17H12N5OS. The summed E-state index contributed by atoms with van der Waals surface area (Å²) in [6.45, 7) is 0. The van der Waals surface area contributed by atoms with Crippen molar-refractivity contribution < 1.29 is 4.79 Å². The summed E-state index contributed by atoms with van der Waals surface area (Å²) in [7, 11) is 0. The monoisotopic (exact) mass is 334 g/mol. The molecule has 1 fully saturated rings. The summed E-state index contributed by atoms with van der Waals surface area (Å²) in [4.78, 5) is 20.9. The van der Waals surface area contributed by atoms with Crippen LogP contribution in [0.1, 0.15) is 16.1 Å². The molecule has 1 aliphatic rings. The summed E-state index contributed by atoms with van der Waals surface area (Å²) in [6.07, 6.45) is 10.9. The number of nitrogens with zero attached hydrogens (tertiary/aromatic N) is 4. The molecule has 2 heterocycles. The van der Waals surface area contributed by atoms with Gasteiger partial charge in [-0.2, -0.15) is 5.10 Å². The van der Waals surface area contributed by atoms with Gasteiger partial charge in [0, 0.05) is 11.5 Å².